The highest BCUT2D eigenvalue weighted by Crippen LogP contribution is 2.44. The first kappa shape index (κ1) is 21.4. The van der Waals surface area contributed by atoms with Crippen molar-refractivity contribution >= 4 is 29.9 Å². The van der Waals surface area contributed by atoms with Crippen molar-refractivity contribution in [3.63, 3.8) is 0 Å². The van der Waals surface area contributed by atoms with Gasteiger partial charge in [0.2, 0.25) is 0 Å². The van der Waals surface area contributed by atoms with Crippen LogP contribution in [0.5, 0.6) is 0 Å². The Bertz CT molecular complexity index is 578. The molecule has 1 aromatic rings. The summed E-state index contributed by atoms with van der Waals surface area (Å²) >= 11 is 0. The van der Waals surface area contributed by atoms with Crippen molar-refractivity contribution in [3.8, 4) is 0 Å². The zero-order valence-corrected chi connectivity index (χ0v) is 18.5. The highest BCUT2D eigenvalue weighted by Gasteiger charge is 2.39. The smallest absolute Gasteiger partial charge is 0.191 e. The van der Waals surface area contributed by atoms with E-state index in [0.29, 0.717) is 19.2 Å². The normalized spacial score (nSPS) is 25.8. The summed E-state index contributed by atoms with van der Waals surface area (Å²) in [6, 6.07) is 0.803. The Morgan fingerprint density at radius 2 is 2.27 bits per heavy atom. The molecule has 1 heterocycles. The Morgan fingerprint density at radius 1 is 1.42 bits per heavy atom. The van der Waals surface area contributed by atoms with Crippen LogP contribution in [-0.2, 0) is 17.7 Å². The summed E-state index contributed by atoms with van der Waals surface area (Å²) in [6.07, 6.45) is 8.14. The maximum atomic E-state index is 5.25. The second kappa shape index (κ2) is 10.4. The maximum absolute atomic E-state index is 5.25. The Labute approximate surface area is 173 Å². The van der Waals surface area contributed by atoms with Gasteiger partial charge in [0.15, 0.2) is 5.96 Å². The molecule has 8 heteroatoms. The topological polar surface area (TPSA) is 76.4 Å². The predicted molar refractivity (Wildman–Crippen MR) is 114 cm³/mol. The van der Waals surface area contributed by atoms with Gasteiger partial charge in [-0.1, -0.05) is 13.3 Å². The van der Waals surface area contributed by atoms with E-state index in [1.807, 2.05) is 0 Å². The molecule has 1 aromatic heterocycles. The van der Waals surface area contributed by atoms with E-state index in [9.17, 15) is 0 Å². The Balaban J connectivity index is 0.00000243. The summed E-state index contributed by atoms with van der Waals surface area (Å²) in [6.45, 7) is 6.40. The third kappa shape index (κ3) is 5.55. The Kier molecular flexibility index (Phi) is 8.59. The van der Waals surface area contributed by atoms with Crippen LogP contribution in [0.3, 0.4) is 0 Å². The molecule has 2 aliphatic rings. The number of hydrogen-bond donors (Lipinski definition) is 2. The van der Waals surface area contributed by atoms with Crippen LogP contribution in [0.15, 0.2) is 11.3 Å². The van der Waals surface area contributed by atoms with Crippen molar-refractivity contribution in [3.05, 3.63) is 12.2 Å². The summed E-state index contributed by atoms with van der Waals surface area (Å²) in [7, 11) is 1.73. The molecule has 0 radical (unpaired) electrons. The fourth-order valence-electron chi connectivity index (χ4n) is 4.26. The van der Waals surface area contributed by atoms with E-state index in [-0.39, 0.29) is 30.0 Å². The highest BCUT2D eigenvalue weighted by atomic mass is 127. The molecule has 148 valence electrons. The molecule has 4 atom stereocenters. The number of nitrogens with one attached hydrogen (secondary N) is 2. The van der Waals surface area contributed by atoms with Crippen molar-refractivity contribution in [1.82, 2.24) is 25.4 Å². The number of methoxy groups -OCH3 is 1. The minimum absolute atomic E-state index is 0. The number of aryl methyl sites for hydroxylation is 1. The largest absolute Gasteiger partial charge is 0.383 e. The second-order valence-corrected chi connectivity index (χ2v) is 7.45. The lowest BCUT2D eigenvalue weighted by molar-refractivity contribution is 0.178. The third-order valence-corrected chi connectivity index (χ3v) is 5.48. The standard InChI is InChI=1S/C18H32N6O.HI/c1-4-17-23-20-12-24(17)8-7-19-18(21-13(2)11-25-3)22-16-10-14-5-6-15(16)9-14;/h12-16H,4-11H2,1-3H3,(H2,19,21,22);1H. The lowest BCUT2D eigenvalue weighted by Crippen LogP contribution is -2.49. The van der Waals surface area contributed by atoms with E-state index in [4.69, 9.17) is 9.73 Å². The molecule has 2 N–H and O–H groups in total. The SMILES string of the molecule is CCc1nncn1CCN=C(NC(C)COC)NC1CC2CCC1C2.I. The summed E-state index contributed by atoms with van der Waals surface area (Å²) in [5.41, 5.74) is 0. The Hall–Kier alpha value is -0.900. The Morgan fingerprint density at radius 3 is 2.92 bits per heavy atom. The van der Waals surface area contributed by atoms with Crippen LogP contribution in [0.1, 0.15) is 45.4 Å². The molecule has 4 unspecified atom stereocenters. The van der Waals surface area contributed by atoms with Gasteiger partial charge in [0, 0.05) is 32.2 Å². The number of ether oxygens (including phenoxy) is 1. The highest BCUT2D eigenvalue weighted by molar-refractivity contribution is 14.0. The van der Waals surface area contributed by atoms with Crippen molar-refractivity contribution in [2.45, 2.75) is 64.6 Å². The van der Waals surface area contributed by atoms with Crippen molar-refractivity contribution < 1.29 is 4.74 Å². The fraction of sp³-hybridized carbons (Fsp3) is 0.833. The van der Waals surface area contributed by atoms with Crippen molar-refractivity contribution in [1.29, 1.82) is 0 Å². The van der Waals surface area contributed by atoms with E-state index in [1.165, 1.54) is 25.7 Å². The number of halogens is 1. The molecule has 26 heavy (non-hydrogen) atoms. The van der Waals surface area contributed by atoms with E-state index >= 15 is 0 Å². The van der Waals surface area contributed by atoms with E-state index < -0.39 is 0 Å². The van der Waals surface area contributed by atoms with Gasteiger partial charge in [-0.2, -0.15) is 0 Å². The molecule has 2 bridgehead atoms. The average Bonchev–Trinajstić information content (AvgIpc) is 3.31. The number of guanidine groups is 1. The van der Waals surface area contributed by atoms with Gasteiger partial charge in [0.25, 0.3) is 0 Å². The average molecular weight is 476 g/mol. The first-order chi connectivity index (χ1) is 12.2. The quantitative estimate of drug-likeness (QED) is 0.342. The predicted octanol–water partition coefficient (Wildman–Crippen LogP) is 2.22. The van der Waals surface area contributed by atoms with Crippen molar-refractivity contribution in [2.24, 2.45) is 16.8 Å². The number of nitrogens with zero attached hydrogens (tertiary/aromatic N) is 4. The van der Waals surface area contributed by atoms with Crippen LogP contribution in [0, 0.1) is 11.8 Å². The van der Waals surface area contributed by atoms with Gasteiger partial charge in [-0.05, 0) is 38.0 Å². The number of hydrogen-bond acceptors (Lipinski definition) is 4. The number of rotatable bonds is 8. The molecule has 0 aliphatic heterocycles. The molecule has 2 saturated carbocycles. The van der Waals surface area contributed by atoms with Gasteiger partial charge in [-0.15, -0.1) is 34.2 Å². The lowest BCUT2D eigenvalue weighted by Gasteiger charge is -2.26. The second-order valence-electron chi connectivity index (χ2n) is 7.45. The van der Waals surface area contributed by atoms with Gasteiger partial charge in [0.1, 0.15) is 12.2 Å². The zero-order valence-electron chi connectivity index (χ0n) is 16.1. The zero-order chi connectivity index (χ0) is 17.6. The lowest BCUT2D eigenvalue weighted by atomic mass is 9.95. The summed E-state index contributed by atoms with van der Waals surface area (Å²) in [4.78, 5) is 4.81. The van der Waals surface area contributed by atoms with Gasteiger partial charge in [-0.3, -0.25) is 4.99 Å². The van der Waals surface area contributed by atoms with Crippen molar-refractivity contribution in [2.75, 3.05) is 20.3 Å². The first-order valence-electron chi connectivity index (χ1n) is 9.62. The van der Waals surface area contributed by atoms with Gasteiger partial charge in [-0.25, -0.2) is 0 Å². The van der Waals surface area contributed by atoms with Crippen LogP contribution in [0.25, 0.3) is 0 Å². The van der Waals surface area contributed by atoms with Crippen LogP contribution in [-0.4, -0.2) is 53.1 Å². The van der Waals surface area contributed by atoms with Crippen LogP contribution < -0.4 is 10.6 Å². The molecule has 0 aromatic carbocycles. The molecule has 0 spiro atoms. The molecule has 2 fully saturated rings. The minimum atomic E-state index is 0. The number of aliphatic imine (C=N–C) groups is 1. The maximum Gasteiger partial charge on any atom is 0.191 e. The molecule has 3 rings (SSSR count). The van der Waals surface area contributed by atoms with Gasteiger partial charge in [0.05, 0.1) is 13.2 Å². The minimum Gasteiger partial charge on any atom is -0.383 e. The number of fused-ring (bicyclic) bond motifs is 2. The van der Waals surface area contributed by atoms with Crippen LogP contribution in [0.4, 0.5) is 0 Å². The molecular formula is C18H33IN6O. The van der Waals surface area contributed by atoms with Gasteiger partial charge < -0.3 is 19.9 Å². The molecule has 2 aliphatic carbocycles. The molecule has 7 nitrogen and oxygen atoms in total. The summed E-state index contributed by atoms with van der Waals surface area (Å²) in [5.74, 6) is 3.66. The number of aromatic nitrogens is 3. The van der Waals surface area contributed by atoms with Crippen LogP contribution >= 0.6 is 24.0 Å². The summed E-state index contributed by atoms with van der Waals surface area (Å²) in [5, 5.41) is 15.3. The van der Waals surface area contributed by atoms with Gasteiger partial charge >= 0.3 is 0 Å². The molecule has 0 amide bonds. The van der Waals surface area contributed by atoms with Crippen LogP contribution in [0.2, 0.25) is 0 Å². The van der Waals surface area contributed by atoms with E-state index in [0.717, 1.165) is 36.6 Å². The molecular weight excluding hydrogens is 443 g/mol. The first-order valence-corrected chi connectivity index (χ1v) is 9.62. The fourth-order valence-corrected chi connectivity index (χ4v) is 4.26. The summed E-state index contributed by atoms with van der Waals surface area (Å²) < 4.78 is 7.33. The third-order valence-electron chi connectivity index (χ3n) is 5.48. The monoisotopic (exact) mass is 476 g/mol. The molecule has 0 saturated heterocycles. The van der Waals surface area contributed by atoms with E-state index in [1.54, 1.807) is 13.4 Å². The van der Waals surface area contributed by atoms with E-state index in [2.05, 4.69) is 39.2 Å².